The van der Waals surface area contributed by atoms with E-state index < -0.39 is 17.0 Å². The van der Waals surface area contributed by atoms with Gasteiger partial charge in [0.05, 0.1) is 10.8 Å². The molecule has 1 aromatic rings. The molecule has 8 heteroatoms. The number of benzene rings is 1. The molecule has 7 nitrogen and oxygen atoms in total. The molecule has 2 unspecified atom stereocenters. The van der Waals surface area contributed by atoms with Gasteiger partial charge < -0.3 is 14.7 Å². The molecule has 0 amide bonds. The molecule has 29 heavy (non-hydrogen) atoms. The van der Waals surface area contributed by atoms with Crippen LogP contribution in [0.5, 0.6) is 0 Å². The lowest BCUT2D eigenvalue weighted by molar-refractivity contribution is -0.384. The topological polar surface area (TPSA) is 92.9 Å². The summed E-state index contributed by atoms with van der Waals surface area (Å²) in [6.45, 7) is 10.1. The lowest BCUT2D eigenvalue weighted by Crippen LogP contribution is -2.33. The molecule has 156 valence electrons. The number of ether oxygens (including phenoxy) is 1. The van der Waals surface area contributed by atoms with Gasteiger partial charge in [-0.1, -0.05) is 50.8 Å². The summed E-state index contributed by atoms with van der Waals surface area (Å²) in [4.78, 5) is 25.2. The van der Waals surface area contributed by atoms with Gasteiger partial charge >= 0.3 is 5.97 Å². The van der Waals surface area contributed by atoms with Crippen molar-refractivity contribution in [3.05, 3.63) is 69.3 Å². The number of nitro benzene ring substituents is 1. The molecular formula is C21H26N2O5S. The highest BCUT2D eigenvalue weighted by atomic mass is 32.2. The molecule has 0 saturated heterocycles. The van der Waals surface area contributed by atoms with Crippen LogP contribution in [0.4, 0.5) is 5.69 Å². The third-order valence-corrected chi connectivity index (χ3v) is 5.76. The van der Waals surface area contributed by atoms with Crippen molar-refractivity contribution in [2.75, 3.05) is 19.6 Å². The van der Waals surface area contributed by atoms with Crippen LogP contribution in [0.25, 0.3) is 0 Å². The number of nitrogens with zero attached hydrogens (tertiary/aromatic N) is 2. The van der Waals surface area contributed by atoms with Crippen LogP contribution < -0.4 is 0 Å². The zero-order valence-electron chi connectivity index (χ0n) is 16.8. The molecule has 1 aliphatic heterocycles. The average Bonchev–Trinajstić information content (AvgIpc) is 2.73. The summed E-state index contributed by atoms with van der Waals surface area (Å²) >= 11 is 1.03. The largest absolute Gasteiger partial charge is 0.510 e. The van der Waals surface area contributed by atoms with Crippen molar-refractivity contribution >= 4 is 23.4 Å². The highest BCUT2D eigenvalue weighted by Gasteiger charge is 2.36. The molecule has 0 spiro atoms. The predicted molar refractivity (Wildman–Crippen MR) is 114 cm³/mol. The van der Waals surface area contributed by atoms with E-state index in [0.29, 0.717) is 4.90 Å². The Morgan fingerprint density at radius 3 is 2.21 bits per heavy atom. The Kier molecular flexibility index (Phi) is 8.48. The van der Waals surface area contributed by atoms with Gasteiger partial charge in [-0.15, -0.1) is 0 Å². The molecule has 0 saturated carbocycles. The maximum atomic E-state index is 12.0. The quantitative estimate of drug-likeness (QED) is 0.414. The first-order valence-corrected chi connectivity index (χ1v) is 10.4. The van der Waals surface area contributed by atoms with Gasteiger partial charge in [-0.25, -0.2) is 4.79 Å². The minimum atomic E-state index is -0.595. The summed E-state index contributed by atoms with van der Waals surface area (Å²) in [5.74, 6) is -1.02. The van der Waals surface area contributed by atoms with Gasteiger partial charge in [-0.2, -0.15) is 0 Å². The number of hydrogen-bond acceptors (Lipinski definition) is 7. The molecule has 1 heterocycles. The second kappa shape index (κ2) is 10.8. The lowest BCUT2D eigenvalue weighted by Gasteiger charge is -2.29. The van der Waals surface area contributed by atoms with E-state index >= 15 is 0 Å². The molecule has 2 atom stereocenters. The summed E-state index contributed by atoms with van der Waals surface area (Å²) in [7, 11) is 0. The molecule has 1 aliphatic carbocycles. The zero-order chi connectivity index (χ0) is 21.4. The Bertz CT molecular complexity index is 807. The SMILES string of the molecule is CCN(CC)CC.O=C1OC2C=CC=CC2C(O)=C1Sc1ccc([N+](=O)[O-])cc1. The Morgan fingerprint density at radius 2 is 1.69 bits per heavy atom. The number of carbonyl (C=O) groups excluding carboxylic acids is 1. The minimum Gasteiger partial charge on any atom is -0.510 e. The number of carbonyl (C=O) groups is 1. The van der Waals surface area contributed by atoms with Crippen molar-refractivity contribution in [3.8, 4) is 0 Å². The van der Waals surface area contributed by atoms with Crippen LogP contribution in [0.3, 0.4) is 0 Å². The number of non-ortho nitro benzene ring substituents is 1. The highest BCUT2D eigenvalue weighted by Crippen LogP contribution is 2.38. The monoisotopic (exact) mass is 418 g/mol. The van der Waals surface area contributed by atoms with Crippen molar-refractivity contribution in [2.45, 2.75) is 31.8 Å². The molecule has 0 radical (unpaired) electrons. The van der Waals surface area contributed by atoms with Gasteiger partial charge in [0.1, 0.15) is 16.8 Å². The van der Waals surface area contributed by atoms with Crippen LogP contribution in [0.2, 0.25) is 0 Å². The summed E-state index contributed by atoms with van der Waals surface area (Å²) in [5, 5.41) is 20.9. The minimum absolute atomic E-state index is 0.0332. The fourth-order valence-corrected chi connectivity index (χ4v) is 3.78. The van der Waals surface area contributed by atoms with Gasteiger partial charge in [0.25, 0.3) is 5.69 Å². The van der Waals surface area contributed by atoms with E-state index in [4.69, 9.17) is 4.74 Å². The molecule has 1 N–H and O–H groups in total. The van der Waals surface area contributed by atoms with E-state index in [0.717, 1.165) is 11.8 Å². The maximum absolute atomic E-state index is 12.0. The number of aliphatic hydroxyl groups is 1. The first-order valence-electron chi connectivity index (χ1n) is 9.54. The summed E-state index contributed by atoms with van der Waals surface area (Å²) in [6, 6.07) is 5.75. The van der Waals surface area contributed by atoms with E-state index in [1.807, 2.05) is 0 Å². The highest BCUT2D eigenvalue weighted by molar-refractivity contribution is 8.04. The molecule has 0 bridgehead atoms. The Labute approximate surface area is 174 Å². The van der Waals surface area contributed by atoms with Gasteiger partial charge in [0.2, 0.25) is 0 Å². The molecule has 2 aliphatic rings. The second-order valence-electron chi connectivity index (χ2n) is 6.35. The van der Waals surface area contributed by atoms with Crippen molar-refractivity contribution < 1.29 is 19.6 Å². The summed E-state index contributed by atoms with van der Waals surface area (Å²) < 4.78 is 5.28. The fourth-order valence-electron chi connectivity index (χ4n) is 2.90. The third kappa shape index (κ3) is 5.95. The smallest absolute Gasteiger partial charge is 0.349 e. The standard InChI is InChI=1S/C15H11NO5S.C6H15N/c17-13-11-3-1-2-4-12(11)21-15(18)14(13)22-10-7-5-9(6-8-10)16(19)20;1-4-7(5-2)6-3/h1-8,11-12,17H;4-6H2,1-3H3. The number of hydrogen-bond donors (Lipinski definition) is 1. The van der Waals surface area contributed by atoms with Crippen LogP contribution in [-0.2, 0) is 9.53 Å². The van der Waals surface area contributed by atoms with Crippen molar-refractivity contribution in [2.24, 2.45) is 5.92 Å². The number of fused-ring (bicyclic) bond motifs is 1. The normalized spacial score (nSPS) is 20.1. The van der Waals surface area contributed by atoms with E-state index in [-0.39, 0.29) is 22.3 Å². The second-order valence-corrected chi connectivity index (χ2v) is 7.44. The molecule has 0 aromatic heterocycles. The van der Waals surface area contributed by atoms with E-state index in [2.05, 4.69) is 25.7 Å². The van der Waals surface area contributed by atoms with E-state index in [9.17, 15) is 20.0 Å². The molecule has 1 aromatic carbocycles. The first-order chi connectivity index (χ1) is 13.9. The number of esters is 1. The van der Waals surface area contributed by atoms with E-state index in [1.54, 1.807) is 24.3 Å². The summed E-state index contributed by atoms with van der Waals surface area (Å²) in [6.07, 6.45) is 6.54. The average molecular weight is 419 g/mol. The predicted octanol–water partition coefficient (Wildman–Crippen LogP) is 4.47. The molecule has 0 fully saturated rings. The Hall–Kier alpha value is -2.58. The van der Waals surface area contributed by atoms with Crippen LogP contribution in [0.1, 0.15) is 20.8 Å². The molecular weight excluding hydrogens is 392 g/mol. The van der Waals surface area contributed by atoms with Crippen molar-refractivity contribution in [3.63, 3.8) is 0 Å². The van der Waals surface area contributed by atoms with Crippen molar-refractivity contribution in [1.82, 2.24) is 4.90 Å². The zero-order valence-corrected chi connectivity index (χ0v) is 17.6. The Balaban J connectivity index is 0.000000370. The third-order valence-electron chi connectivity index (χ3n) is 4.67. The van der Waals surface area contributed by atoms with Gasteiger partial charge in [-0.05, 0) is 37.8 Å². The number of nitro groups is 1. The van der Waals surface area contributed by atoms with Gasteiger partial charge in [0, 0.05) is 17.0 Å². The van der Waals surface area contributed by atoms with Crippen LogP contribution >= 0.6 is 11.8 Å². The Morgan fingerprint density at radius 1 is 1.10 bits per heavy atom. The summed E-state index contributed by atoms with van der Waals surface area (Å²) in [5.41, 5.74) is -0.0332. The van der Waals surface area contributed by atoms with Crippen molar-refractivity contribution in [1.29, 1.82) is 0 Å². The van der Waals surface area contributed by atoms with E-state index in [1.165, 1.54) is 43.9 Å². The van der Waals surface area contributed by atoms with Crippen LogP contribution in [0.15, 0.2) is 64.1 Å². The number of allylic oxidation sites excluding steroid dienone is 2. The number of aliphatic hydroxyl groups excluding tert-OH is 1. The van der Waals surface area contributed by atoms with Gasteiger partial charge in [0.15, 0.2) is 0 Å². The van der Waals surface area contributed by atoms with Crippen LogP contribution in [0, 0.1) is 16.0 Å². The molecule has 3 rings (SSSR count). The van der Waals surface area contributed by atoms with Crippen LogP contribution in [-0.4, -0.2) is 46.6 Å². The number of rotatable bonds is 6. The first kappa shape index (κ1) is 22.7. The maximum Gasteiger partial charge on any atom is 0.349 e. The van der Waals surface area contributed by atoms with Gasteiger partial charge in [-0.3, -0.25) is 10.1 Å². The fraction of sp³-hybridized carbons (Fsp3) is 0.381. The lowest BCUT2D eigenvalue weighted by atomic mass is 9.93. The number of thioether (sulfide) groups is 1.